The Labute approximate surface area is 195 Å². The number of amides is 2. The number of nitrogens with zero attached hydrogens (tertiary/aromatic N) is 3. The Bertz CT molecular complexity index is 1050. The highest BCUT2D eigenvalue weighted by Crippen LogP contribution is 2.27. The Morgan fingerprint density at radius 1 is 1.09 bits per heavy atom. The fraction of sp³-hybridized carbons (Fsp3) is 0.316. The molecule has 0 unspecified atom stereocenters. The number of alkyl halides is 3. The van der Waals surface area contributed by atoms with E-state index < -0.39 is 23.9 Å². The van der Waals surface area contributed by atoms with E-state index in [0.717, 1.165) is 18.2 Å². The van der Waals surface area contributed by atoms with Crippen LogP contribution in [0.15, 0.2) is 30.3 Å². The summed E-state index contributed by atoms with van der Waals surface area (Å²) in [6.07, 6.45) is -4.27. The van der Waals surface area contributed by atoms with E-state index >= 15 is 0 Å². The summed E-state index contributed by atoms with van der Waals surface area (Å²) in [6.45, 7) is 1.28. The molecule has 2 amide bonds. The van der Waals surface area contributed by atoms with E-state index in [1.807, 2.05) is 0 Å². The van der Waals surface area contributed by atoms with Crippen molar-refractivity contribution < 1.29 is 32.4 Å². The van der Waals surface area contributed by atoms with Gasteiger partial charge in [0.2, 0.25) is 5.91 Å². The number of halogens is 5. The molecule has 2 N–H and O–H groups in total. The van der Waals surface area contributed by atoms with Gasteiger partial charge in [0, 0.05) is 10.9 Å². The van der Waals surface area contributed by atoms with Gasteiger partial charge in [0.25, 0.3) is 5.91 Å². The van der Waals surface area contributed by atoms with E-state index in [1.165, 1.54) is 12.1 Å². The number of hydroxylamine groups is 1. The van der Waals surface area contributed by atoms with E-state index in [1.54, 1.807) is 0 Å². The number of hydrogen-bond donors (Lipinski definition) is 2. The lowest BCUT2D eigenvalue weighted by Gasteiger charge is -2.24. The first kappa shape index (κ1) is 24.7. The van der Waals surface area contributed by atoms with Gasteiger partial charge in [-0.3, -0.25) is 9.59 Å². The van der Waals surface area contributed by atoms with Gasteiger partial charge in [-0.25, -0.2) is 4.79 Å². The zero-order valence-electron chi connectivity index (χ0n) is 16.7. The first-order valence-electron chi connectivity index (χ1n) is 9.50. The Hall–Kier alpha value is -2.96. The summed E-state index contributed by atoms with van der Waals surface area (Å²) in [5.74, 6) is -5.19. The number of aromatic nitrogens is 2. The number of anilines is 2. The molecule has 0 radical (unpaired) electrons. The van der Waals surface area contributed by atoms with Crippen molar-refractivity contribution >= 4 is 52.5 Å². The smallest absolute Gasteiger partial charge is 0.325 e. The molecule has 0 atom stereocenters. The van der Waals surface area contributed by atoms with E-state index in [9.17, 15) is 27.6 Å². The van der Waals surface area contributed by atoms with Crippen LogP contribution in [0.25, 0.3) is 0 Å². The SMILES string of the molecule is O=C(Nc1ccc(Cl)cc1C(=O)N(OC(=O)C(F)(F)F)c1ccc(Cl)nn1)C1CCNCC1. The third kappa shape index (κ3) is 6.30. The van der Waals surface area contributed by atoms with Gasteiger partial charge in [0.05, 0.1) is 11.3 Å². The minimum Gasteiger partial charge on any atom is -0.325 e. The van der Waals surface area contributed by atoms with Crippen molar-refractivity contribution in [3.63, 3.8) is 0 Å². The number of benzene rings is 1. The predicted octanol–water partition coefficient (Wildman–Crippen LogP) is 3.39. The van der Waals surface area contributed by atoms with Crippen LogP contribution >= 0.6 is 23.2 Å². The number of hydrogen-bond acceptors (Lipinski definition) is 7. The van der Waals surface area contributed by atoms with Gasteiger partial charge in [-0.2, -0.15) is 13.2 Å². The molecule has 9 nitrogen and oxygen atoms in total. The van der Waals surface area contributed by atoms with Crippen LogP contribution in [-0.2, 0) is 14.4 Å². The third-order valence-corrected chi connectivity index (χ3v) is 5.03. The fourth-order valence-electron chi connectivity index (χ4n) is 2.97. The summed E-state index contributed by atoms with van der Waals surface area (Å²) < 4.78 is 38.5. The first-order valence-corrected chi connectivity index (χ1v) is 10.3. The summed E-state index contributed by atoms with van der Waals surface area (Å²) in [5, 5.41) is 12.6. The van der Waals surface area contributed by atoms with Crippen LogP contribution in [0.3, 0.4) is 0 Å². The molecule has 3 rings (SSSR count). The summed E-state index contributed by atoms with van der Waals surface area (Å²) in [4.78, 5) is 41.6. The van der Waals surface area contributed by atoms with Crippen LogP contribution in [0, 0.1) is 5.92 Å². The molecule has 0 aliphatic carbocycles. The minimum absolute atomic E-state index is 0.00496. The minimum atomic E-state index is -5.40. The van der Waals surface area contributed by atoms with Gasteiger partial charge in [0.15, 0.2) is 11.0 Å². The zero-order chi connectivity index (χ0) is 24.2. The summed E-state index contributed by atoms with van der Waals surface area (Å²) in [6, 6.07) is 5.95. The monoisotopic (exact) mass is 505 g/mol. The molecule has 176 valence electrons. The van der Waals surface area contributed by atoms with Gasteiger partial charge >= 0.3 is 12.1 Å². The lowest BCUT2D eigenvalue weighted by atomic mass is 9.97. The van der Waals surface area contributed by atoms with Crippen molar-refractivity contribution in [2.75, 3.05) is 23.5 Å². The highest BCUT2D eigenvalue weighted by Gasteiger charge is 2.44. The standard InChI is InChI=1S/C19H16Cl2F3N5O4/c20-11-1-2-13(26-16(30)10-5-7-25-8-6-10)12(9-11)17(31)29(33-18(32)19(22,23)24)15-4-3-14(21)27-28-15/h1-4,9-10,25H,5-8H2,(H,26,30). The molecule has 2 aromatic rings. The molecule has 14 heteroatoms. The third-order valence-electron chi connectivity index (χ3n) is 4.60. The molecular formula is C19H16Cl2F3N5O4. The van der Waals surface area contributed by atoms with Gasteiger partial charge in [-0.15, -0.1) is 15.3 Å². The molecular weight excluding hydrogens is 490 g/mol. The average molecular weight is 506 g/mol. The fourth-order valence-corrected chi connectivity index (χ4v) is 3.25. The topological polar surface area (TPSA) is 114 Å². The lowest BCUT2D eigenvalue weighted by Crippen LogP contribution is -2.40. The summed E-state index contributed by atoms with van der Waals surface area (Å²) in [7, 11) is 0. The molecule has 1 aliphatic heterocycles. The van der Waals surface area contributed by atoms with Gasteiger partial charge in [-0.05, 0) is 56.3 Å². The van der Waals surface area contributed by atoms with Gasteiger partial charge in [-0.1, -0.05) is 23.2 Å². The van der Waals surface area contributed by atoms with Crippen LogP contribution in [0.2, 0.25) is 10.2 Å². The Morgan fingerprint density at radius 2 is 1.79 bits per heavy atom. The average Bonchev–Trinajstić information content (AvgIpc) is 2.78. The number of rotatable bonds is 4. The largest absolute Gasteiger partial charge is 0.493 e. The maximum atomic E-state index is 13.2. The molecule has 1 aliphatic rings. The predicted molar refractivity (Wildman–Crippen MR) is 112 cm³/mol. The molecule has 0 bridgehead atoms. The second kappa shape index (κ2) is 10.3. The highest BCUT2D eigenvalue weighted by atomic mass is 35.5. The molecule has 0 spiro atoms. The molecule has 1 aromatic carbocycles. The van der Waals surface area contributed by atoms with Crippen LogP contribution in [0.5, 0.6) is 0 Å². The Balaban J connectivity index is 1.95. The molecule has 1 aromatic heterocycles. The van der Waals surface area contributed by atoms with Crippen LogP contribution in [0.4, 0.5) is 24.7 Å². The van der Waals surface area contributed by atoms with E-state index in [4.69, 9.17) is 23.2 Å². The second-order valence-electron chi connectivity index (χ2n) is 6.89. The van der Waals surface area contributed by atoms with Crippen molar-refractivity contribution in [2.45, 2.75) is 19.0 Å². The number of carbonyl (C=O) groups is 3. The van der Waals surface area contributed by atoms with Gasteiger partial charge < -0.3 is 15.5 Å². The maximum absolute atomic E-state index is 13.2. The van der Waals surface area contributed by atoms with E-state index in [0.29, 0.717) is 25.9 Å². The zero-order valence-corrected chi connectivity index (χ0v) is 18.2. The van der Waals surface area contributed by atoms with Crippen LogP contribution in [-0.4, -0.2) is 47.2 Å². The first-order chi connectivity index (χ1) is 15.6. The van der Waals surface area contributed by atoms with Crippen LogP contribution < -0.4 is 15.7 Å². The quantitative estimate of drug-likeness (QED) is 0.612. The highest BCUT2D eigenvalue weighted by molar-refractivity contribution is 6.31. The normalized spacial score (nSPS) is 14.5. The molecule has 1 fully saturated rings. The summed E-state index contributed by atoms with van der Waals surface area (Å²) in [5.41, 5.74) is -0.376. The van der Waals surface area contributed by atoms with Crippen molar-refractivity contribution in [1.29, 1.82) is 0 Å². The molecule has 2 heterocycles. The maximum Gasteiger partial charge on any atom is 0.493 e. The number of carbonyl (C=O) groups excluding carboxylic acids is 3. The van der Waals surface area contributed by atoms with Crippen LogP contribution in [0.1, 0.15) is 23.2 Å². The second-order valence-corrected chi connectivity index (χ2v) is 7.72. The molecule has 0 saturated carbocycles. The lowest BCUT2D eigenvalue weighted by molar-refractivity contribution is -0.200. The van der Waals surface area contributed by atoms with E-state index in [2.05, 4.69) is 25.7 Å². The summed E-state index contributed by atoms with van der Waals surface area (Å²) >= 11 is 11.6. The van der Waals surface area contributed by atoms with Crippen molar-refractivity contribution in [3.05, 3.63) is 46.1 Å². The molecule has 1 saturated heterocycles. The molecule has 33 heavy (non-hydrogen) atoms. The Kier molecular flexibility index (Phi) is 7.72. The van der Waals surface area contributed by atoms with Gasteiger partial charge in [0.1, 0.15) is 0 Å². The number of piperidine rings is 1. The number of nitrogens with one attached hydrogen (secondary N) is 2. The van der Waals surface area contributed by atoms with Crippen molar-refractivity contribution in [3.8, 4) is 0 Å². The Morgan fingerprint density at radius 3 is 2.39 bits per heavy atom. The van der Waals surface area contributed by atoms with Crippen molar-refractivity contribution in [1.82, 2.24) is 15.5 Å². The van der Waals surface area contributed by atoms with Crippen molar-refractivity contribution in [2.24, 2.45) is 5.92 Å². The van der Waals surface area contributed by atoms with E-state index in [-0.39, 0.29) is 38.3 Å².